The fourth-order valence-electron chi connectivity index (χ4n) is 1.63. The average molecular weight is 299 g/mol. The molecule has 0 spiro atoms. The van der Waals surface area contributed by atoms with Crippen molar-refractivity contribution in [3.63, 3.8) is 0 Å². The van der Waals surface area contributed by atoms with Crippen LogP contribution in [-0.4, -0.2) is 21.9 Å². The quantitative estimate of drug-likeness (QED) is 0.493. The summed E-state index contributed by atoms with van der Waals surface area (Å²) < 4.78 is 0. The lowest BCUT2D eigenvalue weighted by atomic mass is 10.3. The standard InChI is InChI=1S/C11H11ClN4O2S/c1-7-13-5-8(19-7)6-15(2)11-9(16(17)18)3-4-10(12)14-11/h3-5H,6H2,1-2H3. The molecule has 0 aliphatic carbocycles. The molecule has 0 aliphatic heterocycles. The highest BCUT2D eigenvalue weighted by Gasteiger charge is 2.19. The van der Waals surface area contributed by atoms with E-state index in [1.165, 1.54) is 12.1 Å². The van der Waals surface area contributed by atoms with Gasteiger partial charge >= 0.3 is 5.69 Å². The van der Waals surface area contributed by atoms with Crippen molar-refractivity contribution in [2.75, 3.05) is 11.9 Å². The highest BCUT2D eigenvalue weighted by atomic mass is 35.5. The molecular formula is C11H11ClN4O2S. The van der Waals surface area contributed by atoms with Crippen LogP contribution in [0.2, 0.25) is 5.15 Å². The maximum absolute atomic E-state index is 11.0. The van der Waals surface area contributed by atoms with Crippen molar-refractivity contribution in [1.82, 2.24) is 9.97 Å². The number of pyridine rings is 1. The number of halogens is 1. The fraction of sp³-hybridized carbons (Fsp3) is 0.273. The third kappa shape index (κ3) is 3.18. The molecule has 19 heavy (non-hydrogen) atoms. The van der Waals surface area contributed by atoms with Crippen LogP contribution < -0.4 is 4.90 Å². The van der Waals surface area contributed by atoms with E-state index < -0.39 is 4.92 Å². The zero-order valence-corrected chi connectivity index (χ0v) is 11.9. The molecule has 8 heteroatoms. The number of aromatic nitrogens is 2. The van der Waals surface area contributed by atoms with E-state index in [0.29, 0.717) is 6.54 Å². The van der Waals surface area contributed by atoms with Gasteiger partial charge in [0, 0.05) is 24.2 Å². The van der Waals surface area contributed by atoms with E-state index in [1.807, 2.05) is 6.92 Å². The number of aryl methyl sites for hydroxylation is 1. The Morgan fingerprint density at radius 3 is 2.84 bits per heavy atom. The minimum atomic E-state index is -0.465. The summed E-state index contributed by atoms with van der Waals surface area (Å²) >= 11 is 7.35. The molecule has 0 bridgehead atoms. The van der Waals surface area contributed by atoms with Crippen molar-refractivity contribution in [1.29, 1.82) is 0 Å². The molecule has 0 fully saturated rings. The van der Waals surface area contributed by atoms with E-state index in [1.54, 1.807) is 29.5 Å². The second-order valence-corrected chi connectivity index (χ2v) is 5.64. The van der Waals surface area contributed by atoms with E-state index in [9.17, 15) is 10.1 Å². The van der Waals surface area contributed by atoms with Gasteiger partial charge in [0.25, 0.3) is 0 Å². The van der Waals surface area contributed by atoms with Crippen molar-refractivity contribution in [3.05, 3.63) is 43.5 Å². The van der Waals surface area contributed by atoms with Crippen LogP contribution in [0.5, 0.6) is 0 Å². The Balaban J connectivity index is 2.29. The van der Waals surface area contributed by atoms with E-state index in [4.69, 9.17) is 11.6 Å². The van der Waals surface area contributed by atoms with Crippen LogP contribution in [0.15, 0.2) is 18.3 Å². The average Bonchev–Trinajstić information content (AvgIpc) is 2.74. The second-order valence-electron chi connectivity index (χ2n) is 3.94. The molecule has 6 nitrogen and oxygen atoms in total. The molecule has 0 amide bonds. The first-order valence-corrected chi connectivity index (χ1v) is 6.60. The van der Waals surface area contributed by atoms with Crippen molar-refractivity contribution in [2.24, 2.45) is 0 Å². The van der Waals surface area contributed by atoms with E-state index in [2.05, 4.69) is 9.97 Å². The minimum Gasteiger partial charge on any atom is -0.349 e. The van der Waals surface area contributed by atoms with Gasteiger partial charge in [-0.1, -0.05) is 11.6 Å². The second kappa shape index (κ2) is 5.50. The van der Waals surface area contributed by atoms with Crippen LogP contribution in [0.4, 0.5) is 11.5 Å². The smallest absolute Gasteiger partial charge is 0.311 e. The van der Waals surface area contributed by atoms with Gasteiger partial charge in [-0.25, -0.2) is 9.97 Å². The monoisotopic (exact) mass is 298 g/mol. The Bertz CT molecular complexity index is 616. The molecule has 2 aromatic heterocycles. The fourth-order valence-corrected chi connectivity index (χ4v) is 2.62. The van der Waals surface area contributed by atoms with Gasteiger partial charge in [0.15, 0.2) is 0 Å². The number of nitro groups is 1. The largest absolute Gasteiger partial charge is 0.349 e. The molecule has 0 aliphatic rings. The summed E-state index contributed by atoms with van der Waals surface area (Å²) in [5, 5.41) is 12.2. The summed E-state index contributed by atoms with van der Waals surface area (Å²) in [6.07, 6.45) is 1.76. The maximum Gasteiger partial charge on any atom is 0.311 e. The van der Waals surface area contributed by atoms with Crippen LogP contribution in [0.25, 0.3) is 0 Å². The lowest BCUT2D eigenvalue weighted by Gasteiger charge is -2.16. The first kappa shape index (κ1) is 13.7. The Kier molecular flexibility index (Phi) is 3.96. The minimum absolute atomic E-state index is 0.0619. The predicted molar refractivity (Wildman–Crippen MR) is 74.9 cm³/mol. The number of rotatable bonds is 4. The molecule has 0 atom stereocenters. The van der Waals surface area contributed by atoms with E-state index in [0.717, 1.165) is 9.88 Å². The lowest BCUT2D eigenvalue weighted by molar-refractivity contribution is -0.384. The molecule has 0 unspecified atom stereocenters. The molecule has 0 radical (unpaired) electrons. The molecule has 0 aromatic carbocycles. The predicted octanol–water partition coefficient (Wildman–Crippen LogP) is 3.04. The summed E-state index contributed by atoms with van der Waals surface area (Å²) in [4.78, 5) is 21.4. The summed E-state index contributed by atoms with van der Waals surface area (Å²) in [6, 6.07) is 2.77. The lowest BCUT2D eigenvalue weighted by Crippen LogP contribution is -2.18. The van der Waals surface area contributed by atoms with Crippen LogP contribution in [-0.2, 0) is 6.54 Å². The van der Waals surface area contributed by atoms with Gasteiger partial charge in [-0.05, 0) is 13.0 Å². The number of thiazole rings is 1. The van der Waals surface area contributed by atoms with Crippen molar-refractivity contribution in [2.45, 2.75) is 13.5 Å². The molecule has 100 valence electrons. The number of anilines is 1. The number of hydrogen-bond acceptors (Lipinski definition) is 6. The van der Waals surface area contributed by atoms with Crippen molar-refractivity contribution >= 4 is 34.4 Å². The SMILES string of the molecule is Cc1ncc(CN(C)c2nc(Cl)ccc2[N+](=O)[O-])s1. The summed E-state index contributed by atoms with van der Waals surface area (Å²) in [7, 11) is 1.74. The molecule has 2 rings (SSSR count). The molecule has 0 saturated heterocycles. The summed E-state index contributed by atoms with van der Waals surface area (Å²) in [5.41, 5.74) is -0.0619. The van der Waals surface area contributed by atoms with Gasteiger partial charge in [0.2, 0.25) is 5.82 Å². The first-order chi connectivity index (χ1) is 8.97. The molecule has 0 saturated carbocycles. The summed E-state index contributed by atoms with van der Waals surface area (Å²) in [6.45, 7) is 2.41. The molecule has 2 aromatic rings. The number of hydrogen-bond donors (Lipinski definition) is 0. The topological polar surface area (TPSA) is 72.2 Å². The molecular weight excluding hydrogens is 288 g/mol. The van der Waals surface area contributed by atoms with Crippen LogP contribution in [0, 0.1) is 17.0 Å². The van der Waals surface area contributed by atoms with Crippen LogP contribution >= 0.6 is 22.9 Å². The normalized spacial score (nSPS) is 10.5. The van der Waals surface area contributed by atoms with Crippen molar-refractivity contribution < 1.29 is 4.92 Å². The van der Waals surface area contributed by atoms with Gasteiger partial charge in [0.05, 0.1) is 16.5 Å². The molecule has 0 N–H and O–H groups in total. The zero-order chi connectivity index (χ0) is 14.0. The zero-order valence-electron chi connectivity index (χ0n) is 10.3. The van der Waals surface area contributed by atoms with E-state index in [-0.39, 0.29) is 16.7 Å². The Morgan fingerprint density at radius 1 is 1.53 bits per heavy atom. The Labute approximate surface area is 118 Å². The van der Waals surface area contributed by atoms with Gasteiger partial charge in [-0.2, -0.15) is 0 Å². The van der Waals surface area contributed by atoms with E-state index >= 15 is 0 Å². The third-order valence-electron chi connectivity index (χ3n) is 2.44. The first-order valence-electron chi connectivity index (χ1n) is 5.40. The summed E-state index contributed by atoms with van der Waals surface area (Å²) in [5.74, 6) is 0.253. The Hall–Kier alpha value is -1.73. The molecule has 2 heterocycles. The van der Waals surface area contributed by atoms with Crippen LogP contribution in [0.1, 0.15) is 9.88 Å². The van der Waals surface area contributed by atoms with Crippen molar-refractivity contribution in [3.8, 4) is 0 Å². The van der Waals surface area contributed by atoms with Gasteiger partial charge in [-0.15, -0.1) is 11.3 Å². The Morgan fingerprint density at radius 2 is 2.26 bits per heavy atom. The number of nitrogens with zero attached hydrogens (tertiary/aromatic N) is 4. The highest BCUT2D eigenvalue weighted by molar-refractivity contribution is 7.11. The third-order valence-corrected chi connectivity index (χ3v) is 3.55. The van der Waals surface area contributed by atoms with Gasteiger partial charge in [-0.3, -0.25) is 10.1 Å². The maximum atomic E-state index is 11.0. The van der Waals surface area contributed by atoms with Gasteiger partial charge in [0.1, 0.15) is 5.15 Å². The van der Waals surface area contributed by atoms with Crippen LogP contribution in [0.3, 0.4) is 0 Å². The highest BCUT2D eigenvalue weighted by Crippen LogP contribution is 2.28. The van der Waals surface area contributed by atoms with Gasteiger partial charge < -0.3 is 4.90 Å².